The number of ether oxygens (including phenoxy) is 2. The molecule has 3 N–H and O–H groups in total. The van der Waals surface area contributed by atoms with E-state index in [1.807, 2.05) is 25.8 Å². The highest BCUT2D eigenvalue weighted by Gasteiger charge is 2.30. The van der Waals surface area contributed by atoms with Crippen LogP contribution in [-0.4, -0.2) is 82.1 Å². The number of nitrogens with zero attached hydrogens (tertiary/aromatic N) is 4. The van der Waals surface area contributed by atoms with Gasteiger partial charge in [0.15, 0.2) is 11.6 Å². The molecule has 1 saturated heterocycles. The first-order chi connectivity index (χ1) is 24.4. The van der Waals surface area contributed by atoms with Crippen LogP contribution in [-0.2, 0) is 7.05 Å². The summed E-state index contributed by atoms with van der Waals surface area (Å²) in [5.41, 5.74) is 5.45. The van der Waals surface area contributed by atoms with Crippen molar-refractivity contribution < 1.29 is 28.2 Å². The van der Waals surface area contributed by atoms with Crippen LogP contribution >= 0.6 is 0 Å². The highest BCUT2D eigenvalue weighted by Crippen LogP contribution is 2.40. The number of amides is 3. The van der Waals surface area contributed by atoms with Crippen molar-refractivity contribution in [2.75, 3.05) is 44.4 Å². The van der Waals surface area contributed by atoms with Crippen molar-refractivity contribution in [2.45, 2.75) is 26.8 Å². The molecule has 5 aromatic rings. The number of hydrogen-bond acceptors (Lipinski definition) is 7. The van der Waals surface area contributed by atoms with Gasteiger partial charge in [-0.1, -0.05) is 0 Å². The second-order valence-electron chi connectivity index (χ2n) is 13.0. The number of piperazine rings is 1. The zero-order valence-corrected chi connectivity index (χ0v) is 29.2. The maximum atomic E-state index is 15.3. The molecular formula is C38H38FN7O5. The Bertz CT molecular complexity index is 2250. The molecule has 2 aliphatic heterocycles. The number of carbonyl (C=O) groups excluding carboxylic acids is 3. The van der Waals surface area contributed by atoms with Crippen LogP contribution in [0, 0.1) is 19.7 Å². The average Bonchev–Trinajstić information content (AvgIpc) is 3.71. The number of methoxy groups -OCH3 is 1. The molecule has 0 bridgehead atoms. The van der Waals surface area contributed by atoms with Crippen LogP contribution in [0.25, 0.3) is 28.2 Å². The van der Waals surface area contributed by atoms with Crippen molar-refractivity contribution in [2.24, 2.45) is 7.05 Å². The molecule has 2 aliphatic rings. The number of carbonyl (C=O) groups is 3. The number of anilines is 2. The highest BCUT2D eigenvalue weighted by atomic mass is 19.1. The summed E-state index contributed by atoms with van der Waals surface area (Å²) in [6, 6.07) is 14.3. The molecule has 12 nitrogen and oxygen atoms in total. The number of ketones is 1. The minimum atomic E-state index is -0.523. The quantitative estimate of drug-likeness (QED) is 0.176. The minimum Gasteiger partial charge on any atom is -0.497 e. The molecule has 3 amide bonds. The number of hydrogen-bond donors (Lipinski definition) is 3. The van der Waals surface area contributed by atoms with Gasteiger partial charge in [-0.15, -0.1) is 0 Å². The number of Topliss-reactive ketones (excluding diaryl/α,β-unsaturated/α-hetero) is 1. The van der Waals surface area contributed by atoms with E-state index in [0.29, 0.717) is 58.2 Å². The largest absolute Gasteiger partial charge is 0.497 e. The second-order valence-corrected chi connectivity index (χ2v) is 13.0. The maximum Gasteiger partial charge on any atom is 0.323 e. The van der Waals surface area contributed by atoms with Crippen LogP contribution in [0.3, 0.4) is 0 Å². The van der Waals surface area contributed by atoms with Crippen LogP contribution < -0.4 is 20.1 Å². The normalized spacial score (nSPS) is 16.8. The topological polar surface area (TPSA) is 134 Å². The summed E-state index contributed by atoms with van der Waals surface area (Å²) in [5.74, 6) is -0.254. The number of allylic oxidation sites excluding steroid dienone is 1. The van der Waals surface area contributed by atoms with Gasteiger partial charge in [0, 0.05) is 77.9 Å². The minimum absolute atomic E-state index is 0.0387. The second kappa shape index (κ2) is 13.1. The van der Waals surface area contributed by atoms with E-state index in [1.54, 1.807) is 59.3 Å². The Hall–Kier alpha value is -5.95. The molecule has 13 heteroatoms. The SMILES string of the molecule is COc1cc(F)c2[nH]c(-c3c(C)nn(C)c3C)c(/C=C3\Oc4ccc(NC(=O)Nc5ccc(C(=O)N6CCN(C)C(C)C6)cc5)cc4C3=O)c2c1. The van der Waals surface area contributed by atoms with Gasteiger partial charge in [-0.2, -0.15) is 5.10 Å². The summed E-state index contributed by atoms with van der Waals surface area (Å²) in [4.78, 5) is 46.9. The Morgan fingerprint density at radius 1 is 1.04 bits per heavy atom. The fourth-order valence-corrected chi connectivity index (χ4v) is 6.65. The molecule has 51 heavy (non-hydrogen) atoms. The molecule has 7 rings (SSSR count). The Morgan fingerprint density at radius 2 is 1.76 bits per heavy atom. The van der Waals surface area contributed by atoms with E-state index in [2.05, 4.69) is 39.6 Å². The highest BCUT2D eigenvalue weighted by molar-refractivity contribution is 6.16. The van der Waals surface area contributed by atoms with Gasteiger partial charge >= 0.3 is 6.03 Å². The Labute approximate surface area is 293 Å². The third kappa shape index (κ3) is 6.20. The van der Waals surface area contributed by atoms with Crippen molar-refractivity contribution in [1.29, 1.82) is 0 Å². The fraction of sp³-hybridized carbons (Fsp3) is 0.263. The van der Waals surface area contributed by atoms with Gasteiger partial charge in [0.2, 0.25) is 5.78 Å². The van der Waals surface area contributed by atoms with Crippen LogP contribution in [0.4, 0.5) is 20.6 Å². The fourth-order valence-electron chi connectivity index (χ4n) is 6.65. The number of fused-ring (bicyclic) bond motifs is 2. The number of aromatic amines is 1. The van der Waals surface area contributed by atoms with Crippen molar-refractivity contribution in [3.8, 4) is 22.8 Å². The number of rotatable bonds is 6. The predicted octanol–water partition coefficient (Wildman–Crippen LogP) is 6.37. The lowest BCUT2D eigenvalue weighted by Crippen LogP contribution is -2.52. The van der Waals surface area contributed by atoms with Gasteiger partial charge in [0.1, 0.15) is 11.5 Å². The van der Waals surface area contributed by atoms with E-state index in [4.69, 9.17) is 9.47 Å². The predicted molar refractivity (Wildman–Crippen MR) is 193 cm³/mol. The Kier molecular flexibility index (Phi) is 8.59. The Balaban J connectivity index is 1.10. The first kappa shape index (κ1) is 33.5. The summed E-state index contributed by atoms with van der Waals surface area (Å²) in [6.45, 7) is 8.02. The number of nitrogens with one attached hydrogen (secondary N) is 3. The lowest BCUT2D eigenvalue weighted by atomic mass is 10.0. The average molecular weight is 692 g/mol. The molecule has 262 valence electrons. The lowest BCUT2D eigenvalue weighted by Gasteiger charge is -2.37. The van der Waals surface area contributed by atoms with E-state index in [9.17, 15) is 14.4 Å². The summed E-state index contributed by atoms with van der Waals surface area (Å²) in [5, 5.41) is 10.6. The number of aromatic nitrogens is 3. The van der Waals surface area contributed by atoms with Crippen molar-refractivity contribution in [3.05, 3.63) is 94.3 Å². The van der Waals surface area contributed by atoms with Crippen LogP contribution in [0.5, 0.6) is 11.5 Å². The van der Waals surface area contributed by atoms with Gasteiger partial charge in [-0.3, -0.25) is 14.3 Å². The molecule has 4 heterocycles. The third-order valence-corrected chi connectivity index (χ3v) is 9.71. The third-order valence-electron chi connectivity index (χ3n) is 9.71. The first-order valence-electron chi connectivity index (χ1n) is 16.6. The van der Waals surface area contributed by atoms with Crippen LogP contribution in [0.1, 0.15) is 44.6 Å². The molecular weight excluding hydrogens is 653 g/mol. The molecule has 1 atom stereocenters. The summed E-state index contributed by atoms with van der Waals surface area (Å²) < 4.78 is 28.4. The molecule has 0 radical (unpaired) electrons. The van der Waals surface area contributed by atoms with Crippen molar-refractivity contribution in [3.63, 3.8) is 0 Å². The Morgan fingerprint density at radius 3 is 2.45 bits per heavy atom. The number of likely N-dealkylation sites (N-methyl/N-ethyl adjacent to an activating group) is 1. The molecule has 2 aromatic heterocycles. The van der Waals surface area contributed by atoms with Crippen molar-refractivity contribution >= 4 is 46.1 Å². The number of benzene rings is 3. The number of aryl methyl sites for hydroxylation is 2. The van der Waals surface area contributed by atoms with Gasteiger partial charge in [-0.25, -0.2) is 9.18 Å². The van der Waals surface area contributed by atoms with Gasteiger partial charge in [-0.05, 0) is 82.4 Å². The molecule has 1 unspecified atom stereocenters. The zero-order valence-electron chi connectivity index (χ0n) is 29.2. The van der Waals surface area contributed by atoms with Gasteiger partial charge in [0.05, 0.1) is 29.6 Å². The van der Waals surface area contributed by atoms with Crippen molar-refractivity contribution in [1.82, 2.24) is 24.6 Å². The standard InChI is InChI=1S/C38H38FN7O5/c1-20-19-46(14-13-44(20)4)37(48)23-7-9-24(10-8-23)40-38(49)41-25-11-12-31-29(15-25)36(47)32(51-31)18-28-27-16-26(50-6)17-30(39)34(27)42-35(28)33-21(2)43-45(5)22(33)3/h7-12,15-18,20,42H,13-14,19H2,1-6H3,(H2,40,41,49)/b32-18-. The van der Waals surface area contributed by atoms with Crippen LogP contribution in [0.2, 0.25) is 0 Å². The zero-order chi connectivity index (χ0) is 36.1. The van der Waals surface area contributed by atoms with E-state index < -0.39 is 17.6 Å². The van der Waals surface area contributed by atoms with E-state index in [-0.39, 0.29) is 28.8 Å². The first-order valence-corrected chi connectivity index (χ1v) is 16.6. The monoisotopic (exact) mass is 691 g/mol. The van der Waals surface area contributed by atoms with E-state index >= 15 is 4.39 Å². The summed E-state index contributed by atoms with van der Waals surface area (Å²) in [6.07, 6.45) is 1.60. The smallest absolute Gasteiger partial charge is 0.323 e. The molecule has 0 saturated carbocycles. The maximum absolute atomic E-state index is 15.3. The van der Waals surface area contributed by atoms with Gasteiger partial charge in [0.25, 0.3) is 5.91 Å². The molecule has 0 spiro atoms. The number of halogens is 1. The lowest BCUT2D eigenvalue weighted by molar-refractivity contribution is 0.0572. The van der Waals surface area contributed by atoms with Crippen LogP contribution in [0.15, 0.2) is 60.4 Å². The number of H-pyrrole nitrogens is 1. The van der Waals surface area contributed by atoms with E-state index in [1.165, 1.54) is 13.2 Å². The number of urea groups is 1. The van der Waals surface area contributed by atoms with E-state index in [0.717, 1.165) is 23.5 Å². The molecule has 3 aromatic carbocycles. The molecule has 0 aliphatic carbocycles. The molecule has 1 fully saturated rings. The summed E-state index contributed by atoms with van der Waals surface area (Å²) >= 11 is 0. The van der Waals surface area contributed by atoms with Gasteiger partial charge < -0.3 is 34.9 Å². The summed E-state index contributed by atoms with van der Waals surface area (Å²) in [7, 11) is 5.34.